The van der Waals surface area contributed by atoms with E-state index in [0.717, 1.165) is 5.56 Å². The van der Waals surface area contributed by atoms with Gasteiger partial charge in [-0.1, -0.05) is 39.7 Å². The molecule has 0 bridgehead atoms. The Kier molecular flexibility index (Phi) is 5.16. The number of rotatable bonds is 4. The van der Waals surface area contributed by atoms with E-state index in [4.69, 9.17) is 17.3 Å². The summed E-state index contributed by atoms with van der Waals surface area (Å²) < 4.78 is 14.0. The molecule has 2 aromatic rings. The quantitative estimate of drug-likeness (QED) is 0.867. The minimum atomic E-state index is -0.897. The lowest BCUT2D eigenvalue weighted by atomic mass is 9.89. The first kappa shape index (κ1) is 15.4. The number of halogens is 3. The minimum Gasteiger partial charge on any atom is -0.388 e. The van der Waals surface area contributed by atoms with Gasteiger partial charge in [0.05, 0.1) is 6.10 Å². The normalized spacial score (nSPS) is 14.1. The summed E-state index contributed by atoms with van der Waals surface area (Å²) in [4.78, 5) is 0. The molecule has 0 aliphatic carbocycles. The molecule has 0 aliphatic rings. The molecule has 2 aromatic carbocycles. The molecule has 5 heteroatoms. The summed E-state index contributed by atoms with van der Waals surface area (Å²) in [5, 5.41) is 11.1. The standard InChI is InChI=1S/C15H14BrClFNO/c16-14-6-5-11(18)7-12(14)15(20)13(8-19)9-1-3-10(17)4-2-9/h1-7,13,15,20H,8,19H2. The lowest BCUT2D eigenvalue weighted by Gasteiger charge is -2.23. The number of aliphatic hydroxyl groups excluding tert-OH is 1. The minimum absolute atomic E-state index is 0.242. The highest BCUT2D eigenvalue weighted by Crippen LogP contribution is 2.34. The predicted molar refractivity (Wildman–Crippen MR) is 82.3 cm³/mol. The molecule has 0 heterocycles. The zero-order chi connectivity index (χ0) is 14.7. The van der Waals surface area contributed by atoms with Gasteiger partial charge in [-0.2, -0.15) is 0 Å². The van der Waals surface area contributed by atoms with Gasteiger partial charge in [0.1, 0.15) is 5.82 Å². The molecule has 0 amide bonds. The van der Waals surface area contributed by atoms with E-state index in [2.05, 4.69) is 15.9 Å². The largest absolute Gasteiger partial charge is 0.388 e. The second kappa shape index (κ2) is 6.68. The fraction of sp³-hybridized carbons (Fsp3) is 0.200. The molecular weight excluding hydrogens is 345 g/mol. The van der Waals surface area contributed by atoms with Gasteiger partial charge in [0.25, 0.3) is 0 Å². The average Bonchev–Trinajstić information content (AvgIpc) is 2.44. The number of hydrogen-bond donors (Lipinski definition) is 2. The van der Waals surface area contributed by atoms with E-state index in [0.29, 0.717) is 15.1 Å². The maximum atomic E-state index is 13.3. The van der Waals surface area contributed by atoms with Crippen LogP contribution in [0.25, 0.3) is 0 Å². The Morgan fingerprint density at radius 2 is 1.85 bits per heavy atom. The van der Waals surface area contributed by atoms with Crippen LogP contribution in [0.1, 0.15) is 23.1 Å². The molecular formula is C15H14BrClFNO. The lowest BCUT2D eigenvalue weighted by Crippen LogP contribution is -2.20. The van der Waals surface area contributed by atoms with Crippen LogP contribution in [0, 0.1) is 5.82 Å². The van der Waals surface area contributed by atoms with Crippen LogP contribution in [0.3, 0.4) is 0 Å². The first-order valence-corrected chi connectivity index (χ1v) is 7.28. The highest BCUT2D eigenvalue weighted by atomic mass is 79.9. The van der Waals surface area contributed by atoms with Gasteiger partial charge in [-0.25, -0.2) is 4.39 Å². The Morgan fingerprint density at radius 3 is 2.45 bits per heavy atom. The maximum absolute atomic E-state index is 13.3. The molecule has 0 aromatic heterocycles. The van der Waals surface area contributed by atoms with Gasteiger partial charge in [-0.3, -0.25) is 0 Å². The Balaban J connectivity index is 2.35. The molecule has 20 heavy (non-hydrogen) atoms. The maximum Gasteiger partial charge on any atom is 0.123 e. The van der Waals surface area contributed by atoms with Crippen molar-refractivity contribution in [1.29, 1.82) is 0 Å². The first-order valence-electron chi connectivity index (χ1n) is 6.11. The number of aliphatic hydroxyl groups is 1. The summed E-state index contributed by atoms with van der Waals surface area (Å²) in [5.74, 6) is -0.723. The second-order valence-electron chi connectivity index (χ2n) is 4.50. The Morgan fingerprint density at radius 1 is 1.20 bits per heavy atom. The summed E-state index contributed by atoms with van der Waals surface area (Å²) in [7, 11) is 0. The molecule has 2 unspecified atom stereocenters. The van der Waals surface area contributed by atoms with Crippen molar-refractivity contribution >= 4 is 27.5 Å². The van der Waals surface area contributed by atoms with Crippen LogP contribution in [-0.2, 0) is 0 Å². The lowest BCUT2D eigenvalue weighted by molar-refractivity contribution is 0.146. The van der Waals surface area contributed by atoms with Gasteiger partial charge < -0.3 is 10.8 Å². The van der Waals surface area contributed by atoms with Crippen molar-refractivity contribution in [2.75, 3.05) is 6.54 Å². The molecule has 0 aliphatic heterocycles. The van der Waals surface area contributed by atoms with Crippen molar-refractivity contribution in [3.05, 3.63) is 68.9 Å². The smallest absolute Gasteiger partial charge is 0.123 e. The summed E-state index contributed by atoms with van der Waals surface area (Å²) in [6.07, 6.45) is -0.897. The first-order chi connectivity index (χ1) is 9.52. The van der Waals surface area contributed by atoms with Crippen LogP contribution in [0.4, 0.5) is 4.39 Å². The summed E-state index contributed by atoms with van der Waals surface area (Å²) >= 11 is 9.18. The molecule has 3 N–H and O–H groups in total. The highest BCUT2D eigenvalue weighted by Gasteiger charge is 2.23. The third kappa shape index (κ3) is 3.38. The van der Waals surface area contributed by atoms with Crippen molar-refractivity contribution < 1.29 is 9.50 Å². The highest BCUT2D eigenvalue weighted by molar-refractivity contribution is 9.10. The van der Waals surface area contributed by atoms with Crippen LogP contribution in [0.5, 0.6) is 0 Å². The Hall–Kier alpha value is -0.940. The molecule has 0 saturated heterocycles. The van der Waals surface area contributed by atoms with Gasteiger partial charge in [0.2, 0.25) is 0 Å². The van der Waals surface area contributed by atoms with Crippen LogP contribution in [-0.4, -0.2) is 11.7 Å². The third-order valence-corrected chi connectivity index (χ3v) is 4.18. The van der Waals surface area contributed by atoms with Crippen LogP contribution >= 0.6 is 27.5 Å². The van der Waals surface area contributed by atoms with Crippen LogP contribution < -0.4 is 5.73 Å². The molecule has 0 radical (unpaired) electrons. The predicted octanol–water partition coefficient (Wildman–Crippen LogP) is 4.02. The second-order valence-corrected chi connectivity index (χ2v) is 5.80. The number of nitrogens with two attached hydrogens (primary N) is 1. The van der Waals surface area contributed by atoms with E-state index in [9.17, 15) is 9.50 Å². The zero-order valence-corrected chi connectivity index (χ0v) is 12.9. The molecule has 0 spiro atoms. The Bertz CT molecular complexity index is 591. The molecule has 0 fully saturated rings. The van der Waals surface area contributed by atoms with Gasteiger partial charge in [-0.15, -0.1) is 0 Å². The molecule has 106 valence electrons. The average molecular weight is 359 g/mol. The Labute approximate surface area is 130 Å². The van der Waals surface area contributed by atoms with E-state index in [1.165, 1.54) is 12.1 Å². The van der Waals surface area contributed by atoms with E-state index < -0.39 is 11.9 Å². The topological polar surface area (TPSA) is 46.2 Å². The van der Waals surface area contributed by atoms with Gasteiger partial charge in [-0.05, 0) is 41.5 Å². The zero-order valence-electron chi connectivity index (χ0n) is 10.6. The van der Waals surface area contributed by atoms with Gasteiger partial charge in [0, 0.05) is 22.0 Å². The van der Waals surface area contributed by atoms with Crippen molar-refractivity contribution in [3.63, 3.8) is 0 Å². The number of benzene rings is 2. The van der Waals surface area contributed by atoms with Crippen molar-refractivity contribution in [3.8, 4) is 0 Å². The summed E-state index contributed by atoms with van der Waals surface area (Å²) in [6, 6.07) is 11.3. The van der Waals surface area contributed by atoms with E-state index in [-0.39, 0.29) is 12.5 Å². The molecule has 2 nitrogen and oxygen atoms in total. The van der Waals surface area contributed by atoms with E-state index in [1.54, 1.807) is 18.2 Å². The molecule has 2 atom stereocenters. The SMILES string of the molecule is NCC(c1ccc(Cl)cc1)C(O)c1cc(F)ccc1Br. The van der Waals surface area contributed by atoms with Crippen molar-refractivity contribution in [2.24, 2.45) is 5.73 Å². The summed E-state index contributed by atoms with van der Waals surface area (Å²) in [6.45, 7) is 0.242. The van der Waals surface area contributed by atoms with Gasteiger partial charge >= 0.3 is 0 Å². The fourth-order valence-corrected chi connectivity index (χ4v) is 2.72. The monoisotopic (exact) mass is 357 g/mol. The van der Waals surface area contributed by atoms with E-state index >= 15 is 0 Å². The van der Waals surface area contributed by atoms with Crippen LogP contribution in [0.15, 0.2) is 46.9 Å². The van der Waals surface area contributed by atoms with Crippen molar-refractivity contribution in [2.45, 2.75) is 12.0 Å². The molecule has 0 saturated carbocycles. The summed E-state index contributed by atoms with van der Waals surface area (Å²) in [5.41, 5.74) is 7.11. The van der Waals surface area contributed by atoms with E-state index in [1.807, 2.05) is 12.1 Å². The number of hydrogen-bond acceptors (Lipinski definition) is 2. The third-order valence-electron chi connectivity index (χ3n) is 3.21. The van der Waals surface area contributed by atoms with Gasteiger partial charge in [0.15, 0.2) is 0 Å². The van der Waals surface area contributed by atoms with Crippen molar-refractivity contribution in [1.82, 2.24) is 0 Å². The molecule has 2 rings (SSSR count). The van der Waals surface area contributed by atoms with Crippen LogP contribution in [0.2, 0.25) is 5.02 Å². The fourth-order valence-electron chi connectivity index (χ4n) is 2.12.